The van der Waals surface area contributed by atoms with Crippen molar-refractivity contribution in [3.63, 3.8) is 0 Å². The Bertz CT molecular complexity index is 432. The van der Waals surface area contributed by atoms with Crippen LogP contribution >= 0.6 is 0 Å². The third-order valence-corrected chi connectivity index (χ3v) is 9.94. The predicted molar refractivity (Wildman–Crippen MR) is 99.5 cm³/mol. The summed E-state index contributed by atoms with van der Waals surface area (Å²) in [7, 11) is -0.223. The van der Waals surface area contributed by atoms with Crippen LogP contribution in [0.3, 0.4) is 0 Å². The maximum Gasteiger partial charge on any atom is 0.305 e. The van der Waals surface area contributed by atoms with Gasteiger partial charge >= 0.3 is 5.97 Å². The summed E-state index contributed by atoms with van der Waals surface area (Å²) >= 11 is 0. The Labute approximate surface area is 148 Å². The van der Waals surface area contributed by atoms with Gasteiger partial charge in [-0.05, 0) is 49.0 Å². The van der Waals surface area contributed by atoms with Gasteiger partial charge in [0.25, 0.3) is 0 Å². The molecule has 0 fully saturated rings. The summed E-state index contributed by atoms with van der Waals surface area (Å²) in [5, 5.41) is 0. The number of rotatable bonds is 12. The quantitative estimate of drug-likeness (QED) is 0.287. The van der Waals surface area contributed by atoms with Gasteiger partial charge < -0.3 is 9.16 Å². The minimum atomic E-state index is -1.65. The van der Waals surface area contributed by atoms with E-state index < -0.39 is 8.32 Å². The Hall–Kier alpha value is -0.943. The van der Waals surface area contributed by atoms with E-state index in [1.807, 2.05) is 0 Å². The molecule has 4 nitrogen and oxygen atoms in total. The smallest absolute Gasteiger partial charge is 0.305 e. The van der Waals surface area contributed by atoms with Gasteiger partial charge in [-0.3, -0.25) is 9.59 Å². The first-order valence-corrected chi connectivity index (χ1v) is 12.0. The summed E-state index contributed by atoms with van der Waals surface area (Å²) in [6, 6.07) is 3.36. The fraction of sp³-hybridized carbons (Fsp3) is 0.789. The van der Waals surface area contributed by atoms with Crippen molar-refractivity contribution in [2.75, 3.05) is 7.11 Å². The standard InChI is InChI=1S/C19H34O4Si/c1-5-24(6-2,7-3)23-17-14-16(18(20)15-17)12-10-8-9-11-13-19(21)22-4/h14,17H,5-13,15H2,1-4H3/t17-/m0/s1. The van der Waals surface area contributed by atoms with E-state index in [0.29, 0.717) is 12.8 Å². The molecule has 1 aliphatic carbocycles. The number of carbonyl (C=O) groups excluding carboxylic acids is 2. The van der Waals surface area contributed by atoms with Gasteiger partial charge in [0.15, 0.2) is 14.1 Å². The molecule has 1 aliphatic rings. The van der Waals surface area contributed by atoms with Crippen molar-refractivity contribution in [3.05, 3.63) is 11.6 Å². The summed E-state index contributed by atoms with van der Waals surface area (Å²) in [6.45, 7) is 6.65. The minimum absolute atomic E-state index is 0.0124. The number of ketones is 1. The molecule has 0 radical (unpaired) electrons. The van der Waals surface area contributed by atoms with Gasteiger partial charge in [0.2, 0.25) is 0 Å². The molecule has 5 heteroatoms. The molecule has 0 aromatic heterocycles. The Kier molecular flexibility index (Phi) is 9.52. The molecule has 0 N–H and O–H groups in total. The van der Waals surface area contributed by atoms with Gasteiger partial charge in [-0.2, -0.15) is 0 Å². The number of hydrogen-bond donors (Lipinski definition) is 0. The van der Waals surface area contributed by atoms with Crippen LogP contribution in [0.5, 0.6) is 0 Å². The van der Waals surface area contributed by atoms with Crippen molar-refractivity contribution >= 4 is 20.1 Å². The molecule has 0 amide bonds. The summed E-state index contributed by atoms with van der Waals surface area (Å²) in [5.41, 5.74) is 0.958. The third-order valence-electron chi connectivity index (χ3n) is 5.27. The molecule has 0 bridgehead atoms. The molecule has 138 valence electrons. The van der Waals surface area contributed by atoms with Gasteiger partial charge in [0.1, 0.15) is 0 Å². The van der Waals surface area contributed by atoms with E-state index in [1.165, 1.54) is 7.11 Å². The monoisotopic (exact) mass is 354 g/mol. The van der Waals surface area contributed by atoms with Crippen LogP contribution in [-0.2, 0) is 18.8 Å². The van der Waals surface area contributed by atoms with Crippen LogP contribution in [0, 0.1) is 0 Å². The summed E-state index contributed by atoms with van der Waals surface area (Å²) in [6.07, 6.45) is 7.89. The minimum Gasteiger partial charge on any atom is -0.469 e. The molecule has 1 atom stereocenters. The zero-order valence-corrected chi connectivity index (χ0v) is 16.9. The second kappa shape index (κ2) is 10.8. The van der Waals surface area contributed by atoms with Crippen molar-refractivity contribution in [1.29, 1.82) is 0 Å². The van der Waals surface area contributed by atoms with Crippen LogP contribution in [0.2, 0.25) is 18.1 Å². The van der Waals surface area contributed by atoms with Crippen LogP contribution in [0.4, 0.5) is 0 Å². The van der Waals surface area contributed by atoms with Crippen LogP contribution in [0.1, 0.15) is 65.7 Å². The average molecular weight is 355 g/mol. The topological polar surface area (TPSA) is 52.6 Å². The van der Waals surface area contributed by atoms with Crippen LogP contribution < -0.4 is 0 Å². The van der Waals surface area contributed by atoms with E-state index in [4.69, 9.17) is 4.43 Å². The first-order chi connectivity index (χ1) is 11.5. The fourth-order valence-electron chi connectivity index (χ4n) is 3.35. The van der Waals surface area contributed by atoms with E-state index in [9.17, 15) is 9.59 Å². The molecule has 0 unspecified atom stereocenters. The molecule has 0 saturated heterocycles. The third kappa shape index (κ3) is 6.52. The van der Waals surface area contributed by atoms with E-state index in [1.54, 1.807) is 0 Å². The normalized spacial score (nSPS) is 17.9. The van der Waals surface area contributed by atoms with E-state index in [2.05, 4.69) is 31.6 Å². The number of ether oxygens (including phenoxy) is 1. The highest BCUT2D eigenvalue weighted by atomic mass is 28.4. The Morgan fingerprint density at radius 3 is 2.33 bits per heavy atom. The van der Waals surface area contributed by atoms with Crippen LogP contribution in [-0.4, -0.2) is 33.3 Å². The number of methoxy groups -OCH3 is 1. The van der Waals surface area contributed by atoms with Crippen molar-refractivity contribution in [3.8, 4) is 0 Å². The number of Topliss-reactive ketones (excluding diaryl/α,β-unsaturated/α-hetero) is 1. The number of allylic oxidation sites excluding steroid dienone is 1. The lowest BCUT2D eigenvalue weighted by molar-refractivity contribution is -0.140. The van der Waals surface area contributed by atoms with Crippen LogP contribution in [0.15, 0.2) is 11.6 Å². The van der Waals surface area contributed by atoms with Gasteiger partial charge in [0, 0.05) is 12.8 Å². The zero-order chi connectivity index (χ0) is 18.0. The SMILES string of the molecule is CC[Si](CC)(CC)O[C@H]1C=C(CCCCCCC(=O)OC)C(=O)C1. The lowest BCUT2D eigenvalue weighted by Gasteiger charge is -2.30. The number of esters is 1. The summed E-state index contributed by atoms with van der Waals surface area (Å²) in [4.78, 5) is 23.2. The number of carbonyl (C=O) groups is 2. The maximum absolute atomic E-state index is 12.2. The highest BCUT2D eigenvalue weighted by Gasteiger charge is 2.34. The first-order valence-electron chi connectivity index (χ1n) is 9.48. The second-order valence-corrected chi connectivity index (χ2v) is 11.4. The average Bonchev–Trinajstić information content (AvgIpc) is 2.94. The molecule has 0 aromatic rings. The fourth-order valence-corrected chi connectivity index (χ4v) is 6.14. The molecule has 0 heterocycles. The predicted octanol–water partition coefficient (Wildman–Crippen LogP) is 4.79. The molecule has 0 spiro atoms. The Morgan fingerprint density at radius 1 is 1.12 bits per heavy atom. The molecule has 24 heavy (non-hydrogen) atoms. The summed E-state index contributed by atoms with van der Waals surface area (Å²) < 4.78 is 11.0. The van der Waals surface area contributed by atoms with Crippen LogP contribution in [0.25, 0.3) is 0 Å². The molecular weight excluding hydrogens is 320 g/mol. The van der Waals surface area contributed by atoms with Gasteiger partial charge in [-0.15, -0.1) is 0 Å². The molecular formula is C19H34O4Si. The van der Waals surface area contributed by atoms with Crippen molar-refractivity contribution < 1.29 is 18.8 Å². The highest BCUT2D eigenvalue weighted by Crippen LogP contribution is 2.29. The lowest BCUT2D eigenvalue weighted by atomic mass is 10.0. The lowest BCUT2D eigenvalue weighted by Crippen LogP contribution is -2.39. The van der Waals surface area contributed by atoms with Gasteiger partial charge in [-0.1, -0.05) is 33.6 Å². The molecule has 0 saturated carbocycles. The van der Waals surface area contributed by atoms with E-state index in [-0.39, 0.29) is 17.9 Å². The Balaban J connectivity index is 2.35. The Morgan fingerprint density at radius 2 is 1.75 bits per heavy atom. The zero-order valence-electron chi connectivity index (χ0n) is 15.9. The van der Waals surface area contributed by atoms with Crippen molar-refractivity contribution in [2.45, 2.75) is 90.0 Å². The van der Waals surface area contributed by atoms with Gasteiger partial charge in [0.05, 0.1) is 13.2 Å². The second-order valence-electron chi connectivity index (χ2n) is 6.71. The van der Waals surface area contributed by atoms with Crippen molar-refractivity contribution in [2.24, 2.45) is 0 Å². The maximum atomic E-state index is 12.2. The van der Waals surface area contributed by atoms with E-state index >= 15 is 0 Å². The summed E-state index contributed by atoms with van der Waals surface area (Å²) in [5.74, 6) is 0.125. The molecule has 0 aliphatic heterocycles. The number of unbranched alkanes of at least 4 members (excludes halogenated alkanes) is 3. The first kappa shape index (κ1) is 21.1. The largest absolute Gasteiger partial charge is 0.469 e. The number of hydrogen-bond acceptors (Lipinski definition) is 4. The highest BCUT2D eigenvalue weighted by molar-refractivity contribution is 6.73. The van der Waals surface area contributed by atoms with Crippen molar-refractivity contribution in [1.82, 2.24) is 0 Å². The molecule has 1 rings (SSSR count). The van der Waals surface area contributed by atoms with E-state index in [0.717, 1.165) is 55.8 Å². The molecule has 0 aromatic carbocycles. The van der Waals surface area contributed by atoms with Gasteiger partial charge in [-0.25, -0.2) is 0 Å².